The van der Waals surface area contributed by atoms with Gasteiger partial charge in [0.05, 0.1) is 26.4 Å². The Labute approximate surface area is 178 Å². The highest BCUT2D eigenvalue weighted by molar-refractivity contribution is 7.26. The third-order valence-electron chi connectivity index (χ3n) is 4.48. The summed E-state index contributed by atoms with van der Waals surface area (Å²) >= 11 is 3.08. The minimum atomic E-state index is -4.33. The third-order valence-corrected chi connectivity index (χ3v) is 6.75. The van der Waals surface area contributed by atoms with Crippen molar-refractivity contribution in [1.29, 1.82) is 0 Å². The summed E-state index contributed by atoms with van der Waals surface area (Å²) in [7, 11) is 0. The average molecular weight is 450 g/mol. The molecule has 4 rings (SSSR count). The van der Waals surface area contributed by atoms with Crippen LogP contribution in [0.5, 0.6) is 0 Å². The Hall–Kier alpha value is -2.56. The summed E-state index contributed by atoms with van der Waals surface area (Å²) in [5, 5.41) is 4.87. The van der Waals surface area contributed by atoms with Crippen LogP contribution in [0.1, 0.15) is 16.8 Å². The molecule has 1 atom stereocenters. The van der Waals surface area contributed by atoms with E-state index >= 15 is 0 Å². The van der Waals surface area contributed by atoms with Gasteiger partial charge in [-0.3, -0.25) is 4.98 Å². The van der Waals surface area contributed by atoms with Gasteiger partial charge in [0.25, 0.3) is 0 Å². The van der Waals surface area contributed by atoms with E-state index in [0.29, 0.717) is 13.0 Å². The maximum atomic E-state index is 12.7. The first-order chi connectivity index (χ1) is 14.3. The number of pyridine rings is 1. The predicted molar refractivity (Wildman–Crippen MR) is 115 cm³/mol. The van der Waals surface area contributed by atoms with Crippen LogP contribution in [-0.2, 0) is 12.6 Å². The Morgan fingerprint density at radius 2 is 1.87 bits per heavy atom. The van der Waals surface area contributed by atoms with Crippen LogP contribution in [0.4, 0.5) is 18.3 Å². The highest BCUT2D eigenvalue weighted by Gasteiger charge is 2.29. The molecule has 156 valence electrons. The van der Waals surface area contributed by atoms with Crippen LogP contribution in [0, 0.1) is 6.92 Å². The molecule has 0 aliphatic carbocycles. The van der Waals surface area contributed by atoms with E-state index in [0.717, 1.165) is 48.6 Å². The number of hydrogen-bond donors (Lipinski definition) is 2. The maximum Gasteiger partial charge on any atom is 0.416 e. The highest BCUT2D eigenvalue weighted by atomic mass is 32.1. The standard InChI is InChI=1S/C20H18F3N5S2/c1-11-17(18-28-15-6-7-25-10-16(15)29-18)30-19(27-11)26-9-14(24)8-12-2-4-13(5-3-12)20(21,22)23/h2-7,10,14H,8-9,24H2,1H3,(H,26,27)/t14-/m1/s1. The topological polar surface area (TPSA) is 76.7 Å². The van der Waals surface area contributed by atoms with Gasteiger partial charge in [-0.2, -0.15) is 13.2 Å². The van der Waals surface area contributed by atoms with Crippen molar-refractivity contribution in [3.63, 3.8) is 0 Å². The van der Waals surface area contributed by atoms with Crippen molar-refractivity contribution >= 4 is 38.0 Å². The summed E-state index contributed by atoms with van der Waals surface area (Å²) in [4.78, 5) is 14.3. The number of alkyl halides is 3. The molecule has 4 aromatic rings. The number of benzene rings is 1. The summed E-state index contributed by atoms with van der Waals surface area (Å²) in [5.41, 5.74) is 8.05. The first-order valence-corrected chi connectivity index (χ1v) is 10.8. The molecule has 0 amide bonds. The summed E-state index contributed by atoms with van der Waals surface area (Å²) in [5.74, 6) is 0. The number of halogens is 3. The van der Waals surface area contributed by atoms with Gasteiger partial charge in [0.15, 0.2) is 5.13 Å². The van der Waals surface area contributed by atoms with Crippen molar-refractivity contribution in [2.45, 2.75) is 25.6 Å². The Kier molecular flexibility index (Phi) is 5.72. The van der Waals surface area contributed by atoms with Crippen LogP contribution in [0.15, 0.2) is 42.7 Å². The second-order valence-electron chi connectivity index (χ2n) is 6.84. The minimum absolute atomic E-state index is 0.261. The lowest BCUT2D eigenvalue weighted by Crippen LogP contribution is -2.31. The normalized spacial score (nSPS) is 13.0. The molecule has 3 heterocycles. The summed E-state index contributed by atoms with van der Waals surface area (Å²) in [6, 6.07) is 6.72. The first-order valence-electron chi connectivity index (χ1n) is 9.13. The monoisotopic (exact) mass is 449 g/mol. The molecule has 5 nitrogen and oxygen atoms in total. The van der Waals surface area contributed by atoms with Crippen molar-refractivity contribution in [1.82, 2.24) is 15.0 Å². The summed E-state index contributed by atoms with van der Waals surface area (Å²) < 4.78 is 39.0. The number of anilines is 1. The zero-order valence-electron chi connectivity index (χ0n) is 15.9. The van der Waals surface area contributed by atoms with Crippen LogP contribution in [-0.4, -0.2) is 27.5 Å². The van der Waals surface area contributed by atoms with Crippen LogP contribution < -0.4 is 11.1 Å². The number of aromatic nitrogens is 3. The molecular formula is C20H18F3N5S2. The minimum Gasteiger partial charge on any atom is -0.360 e. The zero-order valence-corrected chi connectivity index (χ0v) is 17.5. The Morgan fingerprint density at radius 1 is 1.10 bits per heavy atom. The molecular weight excluding hydrogens is 431 g/mol. The predicted octanol–water partition coefficient (Wildman–Crippen LogP) is 5.12. The molecule has 3 N–H and O–H groups in total. The fourth-order valence-corrected chi connectivity index (χ4v) is 5.00. The lowest BCUT2D eigenvalue weighted by Gasteiger charge is -2.13. The van der Waals surface area contributed by atoms with E-state index in [1.807, 2.05) is 13.0 Å². The lowest BCUT2D eigenvalue weighted by atomic mass is 10.0. The van der Waals surface area contributed by atoms with Gasteiger partial charge in [-0.15, -0.1) is 11.3 Å². The number of thiazole rings is 2. The van der Waals surface area contributed by atoms with Gasteiger partial charge in [0.1, 0.15) is 5.01 Å². The van der Waals surface area contributed by atoms with Crippen LogP contribution in [0.2, 0.25) is 0 Å². The molecule has 30 heavy (non-hydrogen) atoms. The number of nitrogens with zero attached hydrogens (tertiary/aromatic N) is 3. The fourth-order valence-electron chi connectivity index (χ4n) is 2.97. The number of hydrogen-bond acceptors (Lipinski definition) is 7. The van der Waals surface area contributed by atoms with Crippen molar-refractivity contribution in [2.75, 3.05) is 11.9 Å². The molecule has 0 saturated heterocycles. The van der Waals surface area contributed by atoms with Gasteiger partial charge < -0.3 is 11.1 Å². The molecule has 0 saturated carbocycles. The number of fused-ring (bicyclic) bond motifs is 1. The molecule has 0 aliphatic heterocycles. The van der Waals surface area contributed by atoms with Gasteiger partial charge in [-0.1, -0.05) is 23.5 Å². The Balaban J connectivity index is 1.38. The fraction of sp³-hybridized carbons (Fsp3) is 0.250. The van der Waals surface area contributed by atoms with Crippen LogP contribution >= 0.6 is 22.7 Å². The molecule has 0 spiro atoms. The van der Waals surface area contributed by atoms with Gasteiger partial charge in [0.2, 0.25) is 0 Å². The molecule has 0 aliphatic rings. The number of rotatable bonds is 6. The second-order valence-corrected chi connectivity index (χ2v) is 8.87. The van der Waals surface area contributed by atoms with Gasteiger partial charge >= 0.3 is 6.18 Å². The number of nitrogens with two attached hydrogens (primary N) is 1. The van der Waals surface area contributed by atoms with Crippen molar-refractivity contribution < 1.29 is 13.2 Å². The van der Waals surface area contributed by atoms with E-state index in [2.05, 4.69) is 20.3 Å². The molecule has 3 aromatic heterocycles. The van der Waals surface area contributed by atoms with E-state index in [-0.39, 0.29) is 6.04 Å². The van der Waals surface area contributed by atoms with E-state index in [9.17, 15) is 13.2 Å². The molecule has 0 radical (unpaired) electrons. The Morgan fingerprint density at radius 3 is 2.57 bits per heavy atom. The number of aryl methyl sites for hydroxylation is 1. The maximum absolute atomic E-state index is 12.7. The van der Waals surface area contributed by atoms with Crippen LogP contribution in [0.3, 0.4) is 0 Å². The first kappa shape index (κ1) is 20.7. The quantitative estimate of drug-likeness (QED) is 0.427. The molecule has 0 fully saturated rings. The molecule has 10 heteroatoms. The van der Waals surface area contributed by atoms with Crippen molar-refractivity contribution in [2.24, 2.45) is 5.73 Å². The second kappa shape index (κ2) is 8.29. The van der Waals surface area contributed by atoms with E-state index in [1.165, 1.54) is 23.5 Å². The van der Waals surface area contributed by atoms with Crippen LogP contribution in [0.25, 0.3) is 20.1 Å². The van der Waals surface area contributed by atoms with Gasteiger partial charge in [0, 0.05) is 25.0 Å². The van der Waals surface area contributed by atoms with E-state index < -0.39 is 11.7 Å². The van der Waals surface area contributed by atoms with Gasteiger partial charge in [-0.25, -0.2) is 9.97 Å². The van der Waals surface area contributed by atoms with Gasteiger partial charge in [-0.05, 0) is 37.1 Å². The number of nitrogens with one attached hydrogen (secondary N) is 1. The Bertz CT molecular complexity index is 1120. The average Bonchev–Trinajstić information content (AvgIpc) is 3.29. The zero-order chi connectivity index (χ0) is 21.3. The lowest BCUT2D eigenvalue weighted by molar-refractivity contribution is -0.137. The molecule has 0 bridgehead atoms. The molecule has 0 unspecified atom stereocenters. The largest absolute Gasteiger partial charge is 0.416 e. The van der Waals surface area contributed by atoms with Crippen molar-refractivity contribution in [3.8, 4) is 9.88 Å². The smallest absolute Gasteiger partial charge is 0.360 e. The SMILES string of the molecule is Cc1nc(NC[C@H](N)Cc2ccc(C(F)(F)F)cc2)sc1-c1nc2ccncc2s1. The van der Waals surface area contributed by atoms with E-state index in [1.54, 1.807) is 23.7 Å². The highest BCUT2D eigenvalue weighted by Crippen LogP contribution is 2.37. The summed E-state index contributed by atoms with van der Waals surface area (Å²) in [6.45, 7) is 2.39. The molecule has 1 aromatic carbocycles. The third kappa shape index (κ3) is 4.61. The van der Waals surface area contributed by atoms with Crippen molar-refractivity contribution in [3.05, 3.63) is 59.5 Å². The van der Waals surface area contributed by atoms with E-state index in [4.69, 9.17) is 5.73 Å². The summed E-state index contributed by atoms with van der Waals surface area (Å²) in [6.07, 6.45) is -0.349.